The van der Waals surface area contributed by atoms with Gasteiger partial charge < -0.3 is 20.7 Å². The van der Waals surface area contributed by atoms with E-state index in [-0.39, 0.29) is 24.5 Å². The molecule has 1 heterocycles. The quantitative estimate of drug-likeness (QED) is 0.565. The van der Waals surface area contributed by atoms with E-state index in [2.05, 4.69) is 16.0 Å². The van der Waals surface area contributed by atoms with Gasteiger partial charge in [-0.25, -0.2) is 4.79 Å². The lowest BCUT2D eigenvalue weighted by Gasteiger charge is -2.23. The molecule has 1 fully saturated rings. The summed E-state index contributed by atoms with van der Waals surface area (Å²) in [6.45, 7) is 2.90. The van der Waals surface area contributed by atoms with E-state index in [1.165, 1.54) is 0 Å². The van der Waals surface area contributed by atoms with Crippen LogP contribution in [0.2, 0.25) is 0 Å². The van der Waals surface area contributed by atoms with Crippen LogP contribution in [0.4, 0.5) is 4.79 Å². The Morgan fingerprint density at radius 3 is 3.00 bits per heavy atom. The van der Waals surface area contributed by atoms with Gasteiger partial charge in [0.05, 0.1) is 13.2 Å². The SMILES string of the molecule is CNC(=O)NCC1COCCN1.Cl. The molecule has 1 aliphatic heterocycles. The van der Waals surface area contributed by atoms with Gasteiger partial charge in [0.25, 0.3) is 0 Å². The second kappa shape index (κ2) is 6.94. The third-order valence-electron chi connectivity index (χ3n) is 1.73. The van der Waals surface area contributed by atoms with Crippen LogP contribution in [0.3, 0.4) is 0 Å². The fraction of sp³-hybridized carbons (Fsp3) is 0.857. The molecule has 3 N–H and O–H groups in total. The Balaban J connectivity index is 0.00000144. The van der Waals surface area contributed by atoms with E-state index in [0.717, 1.165) is 13.2 Å². The molecule has 0 spiro atoms. The highest BCUT2D eigenvalue weighted by molar-refractivity contribution is 5.85. The van der Waals surface area contributed by atoms with E-state index in [0.29, 0.717) is 13.2 Å². The number of urea groups is 1. The highest BCUT2D eigenvalue weighted by atomic mass is 35.5. The van der Waals surface area contributed by atoms with Gasteiger partial charge in [-0.2, -0.15) is 0 Å². The zero-order valence-electron chi connectivity index (χ0n) is 7.63. The molecule has 13 heavy (non-hydrogen) atoms. The van der Waals surface area contributed by atoms with Gasteiger partial charge in [0, 0.05) is 26.2 Å². The molecule has 0 saturated carbocycles. The summed E-state index contributed by atoms with van der Waals surface area (Å²) in [5.41, 5.74) is 0. The number of nitrogens with one attached hydrogen (secondary N) is 3. The van der Waals surface area contributed by atoms with Crippen LogP contribution >= 0.6 is 12.4 Å². The van der Waals surface area contributed by atoms with Crippen LogP contribution in [0.1, 0.15) is 0 Å². The number of hydrogen-bond donors (Lipinski definition) is 3. The van der Waals surface area contributed by atoms with Crippen LogP contribution in [0.25, 0.3) is 0 Å². The zero-order chi connectivity index (χ0) is 8.81. The maximum absolute atomic E-state index is 10.8. The number of carbonyl (C=O) groups is 1. The van der Waals surface area contributed by atoms with E-state index in [4.69, 9.17) is 4.74 Å². The highest BCUT2D eigenvalue weighted by Gasteiger charge is 2.12. The summed E-state index contributed by atoms with van der Waals surface area (Å²) in [6.07, 6.45) is 0. The van der Waals surface area contributed by atoms with Crippen LogP contribution in [0.5, 0.6) is 0 Å². The Hall–Kier alpha value is -0.520. The van der Waals surface area contributed by atoms with Gasteiger partial charge in [0.15, 0.2) is 0 Å². The lowest BCUT2D eigenvalue weighted by Crippen LogP contribution is -2.49. The third kappa shape index (κ3) is 4.92. The van der Waals surface area contributed by atoms with E-state index in [9.17, 15) is 4.79 Å². The minimum atomic E-state index is -0.151. The predicted octanol–water partition coefficient (Wildman–Crippen LogP) is -0.674. The van der Waals surface area contributed by atoms with Gasteiger partial charge >= 0.3 is 6.03 Å². The monoisotopic (exact) mass is 209 g/mol. The Labute approximate surface area is 84.0 Å². The Bertz CT molecular complexity index is 151. The fourth-order valence-electron chi connectivity index (χ4n) is 1.06. The van der Waals surface area contributed by atoms with Crippen molar-refractivity contribution >= 4 is 18.4 Å². The summed E-state index contributed by atoms with van der Waals surface area (Å²) < 4.78 is 5.21. The summed E-state index contributed by atoms with van der Waals surface area (Å²) in [4.78, 5) is 10.8. The molecule has 0 bridgehead atoms. The van der Waals surface area contributed by atoms with E-state index in [1.807, 2.05) is 0 Å². The van der Waals surface area contributed by atoms with Gasteiger partial charge in [-0.05, 0) is 0 Å². The normalized spacial score (nSPS) is 21.5. The zero-order valence-corrected chi connectivity index (χ0v) is 8.45. The van der Waals surface area contributed by atoms with Crippen LogP contribution in [0, 0.1) is 0 Å². The van der Waals surface area contributed by atoms with Gasteiger partial charge in [0.2, 0.25) is 0 Å². The van der Waals surface area contributed by atoms with E-state index in [1.54, 1.807) is 7.05 Å². The second-order valence-corrected chi connectivity index (χ2v) is 2.69. The largest absolute Gasteiger partial charge is 0.378 e. The van der Waals surface area contributed by atoms with E-state index >= 15 is 0 Å². The summed E-state index contributed by atoms with van der Waals surface area (Å²) in [7, 11) is 1.60. The van der Waals surface area contributed by atoms with Gasteiger partial charge in [-0.3, -0.25) is 0 Å². The number of morpholine rings is 1. The lowest BCUT2D eigenvalue weighted by molar-refractivity contribution is 0.0774. The molecule has 0 aliphatic carbocycles. The Morgan fingerprint density at radius 2 is 2.46 bits per heavy atom. The molecule has 0 aromatic heterocycles. The lowest BCUT2D eigenvalue weighted by atomic mass is 10.3. The van der Waals surface area contributed by atoms with Crippen molar-refractivity contribution in [3.63, 3.8) is 0 Å². The third-order valence-corrected chi connectivity index (χ3v) is 1.73. The summed E-state index contributed by atoms with van der Waals surface area (Å²) in [5, 5.41) is 8.43. The molecular weight excluding hydrogens is 194 g/mol. The molecule has 0 aromatic rings. The predicted molar refractivity (Wildman–Crippen MR) is 52.3 cm³/mol. The second-order valence-electron chi connectivity index (χ2n) is 2.69. The summed E-state index contributed by atoms with van der Waals surface area (Å²) in [6, 6.07) is 0.0958. The van der Waals surface area contributed by atoms with Crippen molar-refractivity contribution in [1.29, 1.82) is 0 Å². The van der Waals surface area contributed by atoms with Crippen LogP contribution in [0.15, 0.2) is 0 Å². The molecule has 0 aromatic carbocycles. The van der Waals surface area contributed by atoms with Crippen molar-refractivity contribution in [2.24, 2.45) is 0 Å². The van der Waals surface area contributed by atoms with Crippen LogP contribution in [-0.4, -0.2) is 45.4 Å². The van der Waals surface area contributed by atoms with Crippen molar-refractivity contribution in [3.8, 4) is 0 Å². The highest BCUT2D eigenvalue weighted by Crippen LogP contribution is 1.90. The number of ether oxygens (including phenoxy) is 1. The molecular formula is C7H16ClN3O2. The Kier molecular flexibility index (Phi) is 6.66. The first kappa shape index (κ1) is 12.5. The number of rotatable bonds is 2. The van der Waals surface area contributed by atoms with Crippen molar-refractivity contribution < 1.29 is 9.53 Å². The minimum Gasteiger partial charge on any atom is -0.378 e. The van der Waals surface area contributed by atoms with Crippen molar-refractivity contribution in [2.45, 2.75) is 6.04 Å². The van der Waals surface area contributed by atoms with Gasteiger partial charge in [-0.15, -0.1) is 12.4 Å². The van der Waals surface area contributed by atoms with Crippen molar-refractivity contribution in [1.82, 2.24) is 16.0 Å². The maximum atomic E-state index is 10.8. The molecule has 1 unspecified atom stereocenters. The maximum Gasteiger partial charge on any atom is 0.314 e. The first-order valence-corrected chi connectivity index (χ1v) is 4.09. The molecule has 1 aliphatic rings. The molecule has 0 radical (unpaired) electrons. The minimum absolute atomic E-state index is 0. The molecule has 2 amide bonds. The molecule has 1 saturated heterocycles. The summed E-state index contributed by atoms with van der Waals surface area (Å²) in [5.74, 6) is 0. The first-order valence-electron chi connectivity index (χ1n) is 4.09. The average Bonchev–Trinajstić information content (AvgIpc) is 2.16. The first-order chi connectivity index (χ1) is 5.83. The van der Waals surface area contributed by atoms with E-state index < -0.39 is 0 Å². The number of amides is 2. The molecule has 78 valence electrons. The molecule has 1 rings (SSSR count). The summed E-state index contributed by atoms with van der Waals surface area (Å²) >= 11 is 0. The van der Waals surface area contributed by atoms with Gasteiger partial charge in [0.1, 0.15) is 0 Å². The average molecular weight is 210 g/mol. The topological polar surface area (TPSA) is 62.4 Å². The number of halogens is 1. The number of carbonyl (C=O) groups excluding carboxylic acids is 1. The molecule has 1 atom stereocenters. The van der Waals surface area contributed by atoms with Crippen LogP contribution in [-0.2, 0) is 4.74 Å². The van der Waals surface area contributed by atoms with Crippen LogP contribution < -0.4 is 16.0 Å². The molecule has 5 nitrogen and oxygen atoms in total. The Morgan fingerprint density at radius 1 is 1.69 bits per heavy atom. The van der Waals surface area contributed by atoms with Crippen molar-refractivity contribution in [3.05, 3.63) is 0 Å². The molecule has 6 heteroatoms. The van der Waals surface area contributed by atoms with Gasteiger partial charge in [-0.1, -0.05) is 0 Å². The van der Waals surface area contributed by atoms with Crippen molar-refractivity contribution in [2.75, 3.05) is 33.4 Å². The smallest absolute Gasteiger partial charge is 0.314 e. The number of hydrogen-bond acceptors (Lipinski definition) is 3. The fourth-order valence-corrected chi connectivity index (χ4v) is 1.06. The standard InChI is InChI=1S/C7H15N3O2.ClH/c1-8-7(11)10-4-6-5-12-3-2-9-6;/h6,9H,2-5H2,1H3,(H2,8,10,11);1H.